The molecular weight excluding hydrogens is 396 g/mol. The molecule has 3 nitrogen and oxygen atoms in total. The van der Waals surface area contributed by atoms with E-state index in [9.17, 15) is 4.79 Å². The molecule has 1 heterocycles. The van der Waals surface area contributed by atoms with Crippen LogP contribution in [0.2, 0.25) is 0 Å². The van der Waals surface area contributed by atoms with E-state index in [1.54, 1.807) is 0 Å². The summed E-state index contributed by atoms with van der Waals surface area (Å²) in [5.74, 6) is 0.780. The zero-order valence-electron chi connectivity index (χ0n) is 20.7. The van der Waals surface area contributed by atoms with E-state index in [2.05, 4.69) is 38.1 Å². The smallest absolute Gasteiger partial charge is 0.342 e. The van der Waals surface area contributed by atoms with Crippen molar-refractivity contribution >= 4 is 5.97 Å². The van der Waals surface area contributed by atoms with Crippen LogP contribution in [0.1, 0.15) is 122 Å². The highest BCUT2D eigenvalue weighted by atomic mass is 16.6. The highest BCUT2D eigenvalue weighted by Gasteiger charge is 2.31. The van der Waals surface area contributed by atoms with Gasteiger partial charge in [-0.15, -0.1) is 0 Å². The van der Waals surface area contributed by atoms with Crippen LogP contribution in [0.4, 0.5) is 0 Å². The zero-order valence-corrected chi connectivity index (χ0v) is 20.7. The normalized spacial score (nSPS) is 14.4. The van der Waals surface area contributed by atoms with Crippen molar-refractivity contribution in [2.45, 2.75) is 129 Å². The quantitative estimate of drug-likeness (QED) is 0.150. The number of carbonyl (C=O) groups is 1. The number of carbonyl (C=O) groups excluding carboxylic acids is 1. The molecule has 0 spiro atoms. The minimum atomic E-state index is -0.110. The monoisotopic (exact) mass is 442 g/mol. The lowest BCUT2D eigenvalue weighted by Crippen LogP contribution is -2.26. The van der Waals surface area contributed by atoms with E-state index in [0.29, 0.717) is 6.61 Å². The van der Waals surface area contributed by atoms with Gasteiger partial charge in [-0.05, 0) is 24.8 Å². The van der Waals surface area contributed by atoms with Crippen molar-refractivity contribution in [3.8, 4) is 0 Å². The summed E-state index contributed by atoms with van der Waals surface area (Å²) in [6.45, 7) is 5.10. The molecule has 0 fully saturated rings. The molecule has 1 aliphatic rings. The third kappa shape index (κ3) is 10.8. The van der Waals surface area contributed by atoms with Crippen LogP contribution in [0.15, 0.2) is 41.7 Å². The summed E-state index contributed by atoms with van der Waals surface area (Å²) >= 11 is 0. The second-order valence-electron chi connectivity index (χ2n) is 9.34. The number of hydrogen-bond donors (Lipinski definition) is 0. The lowest BCUT2D eigenvalue weighted by atomic mass is 9.97. The van der Waals surface area contributed by atoms with Crippen molar-refractivity contribution in [2.75, 3.05) is 0 Å². The van der Waals surface area contributed by atoms with Gasteiger partial charge in [0.2, 0.25) is 0 Å². The van der Waals surface area contributed by atoms with Crippen LogP contribution in [-0.4, -0.2) is 12.1 Å². The van der Waals surface area contributed by atoms with Gasteiger partial charge in [-0.1, -0.05) is 121 Å². The molecule has 32 heavy (non-hydrogen) atoms. The van der Waals surface area contributed by atoms with Gasteiger partial charge in [-0.25, -0.2) is 4.79 Å². The maximum Gasteiger partial charge on any atom is 0.342 e. The topological polar surface area (TPSA) is 35.5 Å². The van der Waals surface area contributed by atoms with E-state index in [1.807, 2.05) is 6.07 Å². The first-order chi connectivity index (χ1) is 15.7. The fourth-order valence-corrected chi connectivity index (χ4v) is 4.36. The highest BCUT2D eigenvalue weighted by molar-refractivity contribution is 5.95. The molecule has 1 aromatic rings. The Kier molecular flexibility index (Phi) is 14.1. The molecule has 0 unspecified atom stereocenters. The van der Waals surface area contributed by atoms with Gasteiger partial charge in [0.1, 0.15) is 5.76 Å². The van der Waals surface area contributed by atoms with E-state index in [-0.39, 0.29) is 12.1 Å². The van der Waals surface area contributed by atoms with Crippen molar-refractivity contribution in [1.82, 2.24) is 0 Å². The lowest BCUT2D eigenvalue weighted by molar-refractivity contribution is -0.142. The minimum Gasteiger partial charge on any atom is -0.427 e. The first-order valence-corrected chi connectivity index (χ1v) is 13.3. The predicted molar refractivity (Wildman–Crippen MR) is 133 cm³/mol. The molecule has 3 heteroatoms. The van der Waals surface area contributed by atoms with Crippen LogP contribution in [0.3, 0.4) is 0 Å². The van der Waals surface area contributed by atoms with E-state index >= 15 is 0 Å². The van der Waals surface area contributed by atoms with Gasteiger partial charge in [0, 0.05) is 6.42 Å². The Hall–Kier alpha value is -1.61. The fraction of sp³-hybridized carbons (Fsp3) is 0.690. The number of hydrogen-bond acceptors (Lipinski definition) is 3. The molecule has 1 atom stereocenters. The number of unbranched alkanes of at least 4 members (excludes halogenated alkanes) is 11. The number of benzene rings is 1. The summed E-state index contributed by atoms with van der Waals surface area (Å²) in [7, 11) is 0. The van der Waals surface area contributed by atoms with Crippen molar-refractivity contribution in [2.24, 2.45) is 0 Å². The molecule has 0 amide bonds. The van der Waals surface area contributed by atoms with Gasteiger partial charge in [-0.3, -0.25) is 0 Å². The molecule has 0 saturated heterocycles. The molecule has 0 aliphatic carbocycles. The average Bonchev–Trinajstić information content (AvgIpc) is 2.81. The average molecular weight is 443 g/mol. The maximum atomic E-state index is 12.0. The minimum absolute atomic E-state index is 0.110. The third-order valence-corrected chi connectivity index (χ3v) is 6.45. The summed E-state index contributed by atoms with van der Waals surface area (Å²) in [6, 6.07) is 10.4. The largest absolute Gasteiger partial charge is 0.427 e. The van der Waals surface area contributed by atoms with Crippen molar-refractivity contribution in [3.63, 3.8) is 0 Å². The van der Waals surface area contributed by atoms with Crippen molar-refractivity contribution in [3.05, 3.63) is 47.2 Å². The number of esters is 1. The molecule has 0 bridgehead atoms. The first kappa shape index (κ1) is 26.6. The third-order valence-electron chi connectivity index (χ3n) is 6.45. The molecule has 0 radical (unpaired) electrons. The summed E-state index contributed by atoms with van der Waals surface area (Å²) in [5.41, 5.74) is 2.12. The Morgan fingerprint density at radius 2 is 1.38 bits per heavy atom. The molecule has 0 N–H and O–H groups in total. The summed E-state index contributed by atoms with van der Waals surface area (Å²) in [5, 5.41) is 0. The van der Waals surface area contributed by atoms with Crippen LogP contribution < -0.4 is 0 Å². The Balaban J connectivity index is 1.77. The molecule has 180 valence electrons. The second kappa shape index (κ2) is 16.9. The molecule has 0 aromatic heterocycles. The fourth-order valence-electron chi connectivity index (χ4n) is 4.36. The van der Waals surface area contributed by atoms with Gasteiger partial charge in [0.15, 0.2) is 0 Å². The summed E-state index contributed by atoms with van der Waals surface area (Å²) in [4.78, 5) is 12.0. The van der Waals surface area contributed by atoms with Crippen molar-refractivity contribution in [1.29, 1.82) is 0 Å². The van der Waals surface area contributed by atoms with E-state index in [0.717, 1.165) is 37.0 Å². The first-order valence-electron chi connectivity index (χ1n) is 13.3. The lowest BCUT2D eigenvalue weighted by Gasteiger charge is -2.26. The number of cyclic esters (lactones) is 1. The summed E-state index contributed by atoms with van der Waals surface area (Å²) < 4.78 is 11.8. The number of rotatable bonds is 20. The molecule has 2 rings (SSSR count). The van der Waals surface area contributed by atoms with Gasteiger partial charge in [0.05, 0.1) is 18.3 Å². The zero-order chi connectivity index (χ0) is 22.9. The van der Waals surface area contributed by atoms with Crippen LogP contribution in [-0.2, 0) is 20.9 Å². The van der Waals surface area contributed by atoms with Gasteiger partial charge >= 0.3 is 5.97 Å². The summed E-state index contributed by atoms with van der Waals surface area (Å²) in [6.07, 6.45) is 19.4. The Labute approximate surface area is 197 Å². The maximum absolute atomic E-state index is 12.0. The predicted octanol–water partition coefficient (Wildman–Crippen LogP) is 8.66. The van der Waals surface area contributed by atoms with Gasteiger partial charge < -0.3 is 9.47 Å². The molecule has 1 aromatic carbocycles. The van der Waals surface area contributed by atoms with Crippen molar-refractivity contribution < 1.29 is 14.3 Å². The van der Waals surface area contributed by atoms with E-state index in [1.165, 1.54) is 82.6 Å². The van der Waals surface area contributed by atoms with Crippen LogP contribution in [0, 0.1) is 0 Å². The molecule has 0 saturated carbocycles. The van der Waals surface area contributed by atoms with Crippen LogP contribution >= 0.6 is 0 Å². The van der Waals surface area contributed by atoms with E-state index < -0.39 is 0 Å². The van der Waals surface area contributed by atoms with Crippen LogP contribution in [0.25, 0.3) is 0 Å². The van der Waals surface area contributed by atoms with E-state index in [4.69, 9.17) is 9.47 Å². The Bertz CT molecular complexity index is 650. The highest BCUT2D eigenvalue weighted by Crippen LogP contribution is 2.31. The van der Waals surface area contributed by atoms with Gasteiger partial charge in [0.25, 0.3) is 0 Å². The molecular formula is C29H46O3. The van der Waals surface area contributed by atoms with Crippen LogP contribution in [0.5, 0.6) is 0 Å². The Morgan fingerprint density at radius 1 is 0.781 bits per heavy atom. The Morgan fingerprint density at radius 3 is 2.00 bits per heavy atom. The second-order valence-corrected chi connectivity index (χ2v) is 9.34. The number of ether oxygens (including phenoxy) is 2. The molecule has 1 aliphatic heterocycles. The SMILES string of the molecule is CCCCCCCCCCC[C@@H](CC1=C(CCCCCC)C(=O)O1)OCc1ccccc1. The standard InChI is InChI=1S/C29H46O3/c1-3-5-7-9-10-11-12-13-17-21-26(31-24-25-19-15-14-16-20-25)23-28-27(29(30)32-28)22-18-8-6-4-2/h14-16,19-20,26H,3-13,17-18,21-24H2,1-2H3/t26-/m0/s1. The van der Waals surface area contributed by atoms with Gasteiger partial charge in [-0.2, -0.15) is 0 Å².